The number of carbonyl (C=O) groups is 1. The average Bonchev–Trinajstić information content (AvgIpc) is 3.23. The van der Waals surface area contributed by atoms with Crippen molar-refractivity contribution in [2.24, 2.45) is 5.92 Å². The largest absolute Gasteiger partial charge is 0.381 e. The van der Waals surface area contributed by atoms with E-state index in [2.05, 4.69) is 10.4 Å². The third-order valence-corrected chi connectivity index (χ3v) is 5.42. The van der Waals surface area contributed by atoms with Crippen LogP contribution >= 0.6 is 34.8 Å². The molecule has 5 nitrogen and oxygen atoms in total. The molecule has 144 valence electrons. The van der Waals surface area contributed by atoms with Crippen LogP contribution in [-0.2, 0) is 16.1 Å². The molecule has 1 fully saturated rings. The van der Waals surface area contributed by atoms with E-state index < -0.39 is 0 Å². The summed E-state index contributed by atoms with van der Waals surface area (Å²) in [7, 11) is 0. The van der Waals surface area contributed by atoms with Gasteiger partial charge in [0.05, 0.1) is 18.8 Å². The highest BCUT2D eigenvalue weighted by Gasteiger charge is 2.16. The molecule has 1 aliphatic rings. The molecule has 1 atom stereocenters. The van der Waals surface area contributed by atoms with Gasteiger partial charge < -0.3 is 10.1 Å². The zero-order chi connectivity index (χ0) is 19.4. The number of nitrogens with one attached hydrogen (secondary N) is 1. The van der Waals surface area contributed by atoms with Crippen molar-refractivity contribution in [2.45, 2.75) is 19.9 Å². The zero-order valence-electron chi connectivity index (χ0n) is 14.8. The number of nitrogens with zero attached hydrogens (tertiary/aromatic N) is 2. The van der Waals surface area contributed by atoms with Crippen LogP contribution in [0.5, 0.6) is 0 Å². The maximum Gasteiger partial charge on any atom is 0.244 e. The molecule has 0 aliphatic carbocycles. The molecule has 0 saturated carbocycles. The maximum absolute atomic E-state index is 12.0. The standard InChI is InChI=1S/C19H20Cl3N3O2/c1-12-16(4-5-18(26)23-9-13-6-7-27-11-13)19(22)25(24-12)10-14-2-3-15(20)8-17(14)21/h2-5,8,13H,6-7,9-11H2,1H3,(H,23,26)/b5-4+. The second kappa shape index (κ2) is 9.11. The summed E-state index contributed by atoms with van der Waals surface area (Å²) in [6.07, 6.45) is 4.14. The molecule has 1 aliphatic heterocycles. The van der Waals surface area contributed by atoms with E-state index >= 15 is 0 Å². The fourth-order valence-electron chi connectivity index (χ4n) is 2.88. The van der Waals surface area contributed by atoms with E-state index in [0.717, 1.165) is 24.3 Å². The van der Waals surface area contributed by atoms with Gasteiger partial charge in [0, 0.05) is 40.8 Å². The highest BCUT2D eigenvalue weighted by atomic mass is 35.5. The van der Waals surface area contributed by atoms with Crippen LogP contribution in [-0.4, -0.2) is 35.4 Å². The Bertz CT molecular complexity index is 858. The summed E-state index contributed by atoms with van der Waals surface area (Å²) >= 11 is 18.6. The van der Waals surface area contributed by atoms with Crippen LogP contribution in [0.25, 0.3) is 6.08 Å². The van der Waals surface area contributed by atoms with Crippen LogP contribution in [0.1, 0.15) is 23.2 Å². The van der Waals surface area contributed by atoms with Crippen LogP contribution in [0, 0.1) is 12.8 Å². The number of aryl methyl sites for hydroxylation is 1. The monoisotopic (exact) mass is 427 g/mol. The van der Waals surface area contributed by atoms with Gasteiger partial charge in [-0.3, -0.25) is 4.79 Å². The van der Waals surface area contributed by atoms with Gasteiger partial charge in [0.25, 0.3) is 0 Å². The highest BCUT2D eigenvalue weighted by Crippen LogP contribution is 2.26. The van der Waals surface area contributed by atoms with E-state index in [9.17, 15) is 4.79 Å². The van der Waals surface area contributed by atoms with E-state index in [1.165, 1.54) is 6.08 Å². The molecule has 27 heavy (non-hydrogen) atoms. The smallest absolute Gasteiger partial charge is 0.244 e. The van der Waals surface area contributed by atoms with Crippen molar-refractivity contribution in [2.75, 3.05) is 19.8 Å². The number of ether oxygens (including phenoxy) is 1. The molecule has 0 spiro atoms. The van der Waals surface area contributed by atoms with Gasteiger partial charge in [-0.15, -0.1) is 0 Å². The maximum atomic E-state index is 12.0. The normalized spacial score (nSPS) is 17.0. The third kappa shape index (κ3) is 5.26. The topological polar surface area (TPSA) is 56.2 Å². The van der Waals surface area contributed by atoms with Crippen molar-refractivity contribution in [3.05, 3.63) is 56.3 Å². The van der Waals surface area contributed by atoms with Crippen molar-refractivity contribution in [1.29, 1.82) is 0 Å². The summed E-state index contributed by atoms with van der Waals surface area (Å²) in [5.41, 5.74) is 2.30. The van der Waals surface area contributed by atoms with Crippen molar-refractivity contribution in [3.8, 4) is 0 Å². The van der Waals surface area contributed by atoms with Gasteiger partial charge in [0.2, 0.25) is 5.91 Å². The van der Waals surface area contributed by atoms with Crippen LogP contribution in [0.4, 0.5) is 0 Å². The molecule has 1 saturated heterocycles. The zero-order valence-corrected chi connectivity index (χ0v) is 17.1. The first-order valence-electron chi connectivity index (χ1n) is 8.64. The lowest BCUT2D eigenvalue weighted by molar-refractivity contribution is -0.116. The first kappa shape index (κ1) is 20.2. The number of hydrogen-bond donors (Lipinski definition) is 1. The lowest BCUT2D eigenvalue weighted by Gasteiger charge is -2.07. The SMILES string of the molecule is Cc1nn(Cc2ccc(Cl)cc2Cl)c(Cl)c1/C=C/C(=O)NCC1CCOC1. The van der Waals surface area contributed by atoms with Gasteiger partial charge in [0.1, 0.15) is 5.15 Å². The van der Waals surface area contributed by atoms with Gasteiger partial charge in [-0.05, 0) is 37.1 Å². The van der Waals surface area contributed by atoms with Gasteiger partial charge in [-0.25, -0.2) is 4.68 Å². The molecular weight excluding hydrogens is 409 g/mol. The lowest BCUT2D eigenvalue weighted by atomic mass is 10.1. The second-order valence-electron chi connectivity index (χ2n) is 6.49. The summed E-state index contributed by atoms with van der Waals surface area (Å²) in [6.45, 7) is 4.35. The van der Waals surface area contributed by atoms with Crippen molar-refractivity contribution in [3.63, 3.8) is 0 Å². The quantitative estimate of drug-likeness (QED) is 0.695. The van der Waals surface area contributed by atoms with E-state index in [1.54, 1.807) is 22.9 Å². The first-order valence-corrected chi connectivity index (χ1v) is 9.78. The van der Waals surface area contributed by atoms with Gasteiger partial charge in [-0.1, -0.05) is 40.9 Å². The Kier molecular flexibility index (Phi) is 6.82. The van der Waals surface area contributed by atoms with E-state index in [1.807, 2.05) is 13.0 Å². The van der Waals surface area contributed by atoms with Gasteiger partial charge >= 0.3 is 0 Å². The number of rotatable bonds is 6. The molecule has 1 aromatic heterocycles. The Morgan fingerprint density at radius 3 is 2.93 bits per heavy atom. The van der Waals surface area contributed by atoms with Crippen LogP contribution in [0.2, 0.25) is 15.2 Å². The number of halogens is 3. The van der Waals surface area contributed by atoms with E-state index in [-0.39, 0.29) is 5.91 Å². The third-order valence-electron chi connectivity index (χ3n) is 4.43. The van der Waals surface area contributed by atoms with Crippen molar-refractivity contribution in [1.82, 2.24) is 15.1 Å². The molecule has 8 heteroatoms. The summed E-state index contributed by atoms with van der Waals surface area (Å²) in [6, 6.07) is 5.30. The summed E-state index contributed by atoms with van der Waals surface area (Å²) in [5, 5.41) is 8.92. The van der Waals surface area contributed by atoms with Gasteiger partial charge in [-0.2, -0.15) is 5.10 Å². The van der Waals surface area contributed by atoms with Crippen LogP contribution < -0.4 is 5.32 Å². The van der Waals surface area contributed by atoms with Crippen LogP contribution in [0.3, 0.4) is 0 Å². The fraction of sp³-hybridized carbons (Fsp3) is 0.368. The molecule has 3 rings (SSSR count). The molecule has 2 heterocycles. The van der Waals surface area contributed by atoms with Gasteiger partial charge in [0.15, 0.2) is 0 Å². The average molecular weight is 429 g/mol. The summed E-state index contributed by atoms with van der Waals surface area (Å²) in [5.74, 6) is 0.227. The predicted molar refractivity (Wildman–Crippen MR) is 109 cm³/mol. The molecule has 1 N–H and O–H groups in total. The van der Waals surface area contributed by atoms with Crippen LogP contribution in [0.15, 0.2) is 24.3 Å². The highest BCUT2D eigenvalue weighted by molar-refractivity contribution is 6.35. The number of carbonyl (C=O) groups excluding carboxylic acids is 1. The minimum atomic E-state index is -0.161. The summed E-state index contributed by atoms with van der Waals surface area (Å²) < 4.78 is 6.95. The molecule has 2 aromatic rings. The molecule has 0 bridgehead atoms. The van der Waals surface area contributed by atoms with Crippen molar-refractivity contribution >= 4 is 46.8 Å². The fourth-order valence-corrected chi connectivity index (χ4v) is 3.65. The Morgan fingerprint density at radius 2 is 2.22 bits per heavy atom. The number of amides is 1. The second-order valence-corrected chi connectivity index (χ2v) is 7.69. The molecule has 1 amide bonds. The minimum absolute atomic E-state index is 0.161. The Balaban J connectivity index is 1.66. The number of hydrogen-bond acceptors (Lipinski definition) is 3. The number of benzene rings is 1. The predicted octanol–water partition coefficient (Wildman–Crippen LogP) is 4.37. The van der Waals surface area contributed by atoms with E-state index in [0.29, 0.717) is 46.4 Å². The minimum Gasteiger partial charge on any atom is -0.381 e. The Labute approximate surface area is 173 Å². The Hall–Kier alpha value is -1.53. The van der Waals surface area contributed by atoms with E-state index in [4.69, 9.17) is 39.5 Å². The van der Waals surface area contributed by atoms with Crippen molar-refractivity contribution < 1.29 is 9.53 Å². The molecular formula is C19H20Cl3N3O2. The lowest BCUT2D eigenvalue weighted by Crippen LogP contribution is -2.27. The number of aromatic nitrogens is 2. The molecule has 1 aromatic carbocycles. The summed E-state index contributed by atoms with van der Waals surface area (Å²) in [4.78, 5) is 12.0. The first-order chi connectivity index (χ1) is 12.9. The Morgan fingerprint density at radius 1 is 1.41 bits per heavy atom. The molecule has 0 radical (unpaired) electrons. The molecule has 1 unspecified atom stereocenters.